The smallest absolute Gasteiger partial charge is 0.419 e. The Morgan fingerprint density at radius 1 is 1.47 bits per heavy atom. The molecular weight excluding hydrogens is 218 g/mol. The standard InChI is InChI=1S/C8H5F4NO2/c1-15-7(14)6-2-4(8(10,11)12)5(9)3-13-6/h2-3H,1H3. The topological polar surface area (TPSA) is 39.2 Å². The lowest BCUT2D eigenvalue weighted by atomic mass is 10.2. The molecule has 0 fully saturated rings. The highest BCUT2D eigenvalue weighted by molar-refractivity contribution is 5.87. The predicted molar refractivity (Wildman–Crippen MR) is 40.5 cm³/mol. The quantitative estimate of drug-likeness (QED) is 0.540. The number of esters is 1. The van der Waals surface area contributed by atoms with E-state index < -0.39 is 29.2 Å². The zero-order valence-corrected chi connectivity index (χ0v) is 7.43. The van der Waals surface area contributed by atoms with Crippen LogP contribution in [0.4, 0.5) is 17.6 Å². The summed E-state index contributed by atoms with van der Waals surface area (Å²) in [5, 5.41) is 0. The zero-order valence-electron chi connectivity index (χ0n) is 7.43. The number of carbonyl (C=O) groups is 1. The van der Waals surface area contributed by atoms with Crippen molar-refractivity contribution < 1.29 is 27.1 Å². The van der Waals surface area contributed by atoms with E-state index in [9.17, 15) is 22.4 Å². The van der Waals surface area contributed by atoms with Crippen LogP contribution >= 0.6 is 0 Å². The number of aromatic nitrogens is 1. The van der Waals surface area contributed by atoms with Crippen molar-refractivity contribution in [2.75, 3.05) is 7.11 Å². The molecule has 0 spiro atoms. The Kier molecular flexibility index (Phi) is 2.92. The van der Waals surface area contributed by atoms with Crippen LogP contribution in [-0.2, 0) is 10.9 Å². The first-order valence-electron chi connectivity index (χ1n) is 3.67. The van der Waals surface area contributed by atoms with Crippen molar-refractivity contribution in [3.05, 3.63) is 29.3 Å². The van der Waals surface area contributed by atoms with Crippen LogP contribution < -0.4 is 0 Å². The molecule has 0 aliphatic carbocycles. The highest BCUT2D eigenvalue weighted by Crippen LogP contribution is 2.31. The molecule has 7 heteroatoms. The summed E-state index contributed by atoms with van der Waals surface area (Å²) in [7, 11) is 0.987. The minimum Gasteiger partial charge on any atom is -0.464 e. The molecule has 0 atom stereocenters. The average molecular weight is 223 g/mol. The van der Waals surface area contributed by atoms with Crippen LogP contribution in [0.15, 0.2) is 12.3 Å². The molecule has 1 heterocycles. The van der Waals surface area contributed by atoms with E-state index in [1.54, 1.807) is 0 Å². The minimum atomic E-state index is -4.87. The Morgan fingerprint density at radius 3 is 2.53 bits per heavy atom. The minimum absolute atomic E-state index is 0.307. The normalized spacial score (nSPS) is 11.3. The van der Waals surface area contributed by atoms with Gasteiger partial charge in [-0.05, 0) is 6.07 Å². The van der Waals surface area contributed by atoms with Gasteiger partial charge >= 0.3 is 12.1 Å². The Hall–Kier alpha value is -1.66. The van der Waals surface area contributed by atoms with Gasteiger partial charge in [-0.3, -0.25) is 0 Å². The summed E-state index contributed by atoms with van der Waals surface area (Å²) in [5.41, 5.74) is -2.14. The van der Waals surface area contributed by atoms with Gasteiger partial charge in [-0.15, -0.1) is 0 Å². The second kappa shape index (κ2) is 3.84. The van der Waals surface area contributed by atoms with E-state index in [1.807, 2.05) is 0 Å². The number of carbonyl (C=O) groups excluding carboxylic acids is 1. The molecule has 0 aliphatic heterocycles. The summed E-state index contributed by atoms with van der Waals surface area (Å²) >= 11 is 0. The summed E-state index contributed by atoms with van der Waals surface area (Å²) in [6.45, 7) is 0. The van der Waals surface area contributed by atoms with Crippen LogP contribution in [0.25, 0.3) is 0 Å². The van der Waals surface area contributed by atoms with Gasteiger partial charge in [0.15, 0.2) is 5.82 Å². The molecule has 1 aromatic heterocycles. The van der Waals surface area contributed by atoms with Crippen LogP contribution in [0.2, 0.25) is 0 Å². The van der Waals surface area contributed by atoms with Crippen LogP contribution in [0, 0.1) is 5.82 Å². The van der Waals surface area contributed by atoms with E-state index in [4.69, 9.17) is 0 Å². The molecule has 0 saturated carbocycles. The molecule has 0 N–H and O–H groups in total. The van der Waals surface area contributed by atoms with E-state index >= 15 is 0 Å². The molecule has 0 saturated heterocycles. The molecule has 82 valence electrons. The van der Waals surface area contributed by atoms with Gasteiger partial charge in [0.2, 0.25) is 0 Å². The number of halogens is 4. The molecule has 0 amide bonds. The largest absolute Gasteiger partial charge is 0.464 e. The average Bonchev–Trinajstić information content (AvgIpc) is 2.15. The first-order valence-corrected chi connectivity index (χ1v) is 3.67. The molecule has 0 aromatic carbocycles. The molecule has 3 nitrogen and oxygen atoms in total. The van der Waals surface area contributed by atoms with Gasteiger partial charge in [0, 0.05) is 0 Å². The fourth-order valence-corrected chi connectivity index (χ4v) is 0.872. The van der Waals surface area contributed by atoms with Crippen molar-refractivity contribution in [1.82, 2.24) is 4.98 Å². The predicted octanol–water partition coefficient (Wildman–Crippen LogP) is 2.03. The summed E-state index contributed by atoms with van der Waals surface area (Å²) in [4.78, 5) is 14.0. The Labute approximate surface area is 81.7 Å². The summed E-state index contributed by atoms with van der Waals surface area (Å²) in [6.07, 6.45) is -4.54. The molecule has 0 bridgehead atoms. The van der Waals surface area contributed by atoms with Crippen molar-refractivity contribution in [2.45, 2.75) is 6.18 Å². The number of methoxy groups -OCH3 is 1. The number of pyridine rings is 1. The molecule has 1 rings (SSSR count). The van der Waals surface area contributed by atoms with Crippen LogP contribution in [0.3, 0.4) is 0 Å². The maximum atomic E-state index is 12.7. The van der Waals surface area contributed by atoms with Crippen molar-refractivity contribution in [2.24, 2.45) is 0 Å². The van der Waals surface area contributed by atoms with E-state index in [1.165, 1.54) is 0 Å². The second-order valence-corrected chi connectivity index (χ2v) is 2.54. The lowest BCUT2D eigenvalue weighted by Crippen LogP contribution is -2.12. The van der Waals surface area contributed by atoms with Gasteiger partial charge < -0.3 is 4.74 Å². The third kappa shape index (κ3) is 2.42. The van der Waals surface area contributed by atoms with Crippen molar-refractivity contribution >= 4 is 5.97 Å². The number of rotatable bonds is 1. The summed E-state index contributed by atoms with van der Waals surface area (Å²) < 4.78 is 53.4. The number of hydrogen-bond acceptors (Lipinski definition) is 3. The van der Waals surface area contributed by atoms with Gasteiger partial charge in [-0.25, -0.2) is 14.2 Å². The molecule has 0 radical (unpaired) electrons. The van der Waals surface area contributed by atoms with Crippen LogP contribution in [-0.4, -0.2) is 18.1 Å². The highest BCUT2D eigenvalue weighted by atomic mass is 19.4. The van der Waals surface area contributed by atoms with Gasteiger partial charge in [0.05, 0.1) is 18.9 Å². The molecule has 15 heavy (non-hydrogen) atoms. The maximum Gasteiger partial charge on any atom is 0.419 e. The van der Waals surface area contributed by atoms with Crippen LogP contribution in [0.1, 0.15) is 16.1 Å². The number of ether oxygens (including phenoxy) is 1. The van der Waals surface area contributed by atoms with Gasteiger partial charge in [-0.2, -0.15) is 13.2 Å². The van der Waals surface area contributed by atoms with Crippen molar-refractivity contribution in [1.29, 1.82) is 0 Å². The number of hydrogen-bond donors (Lipinski definition) is 0. The van der Waals surface area contributed by atoms with Gasteiger partial charge in [0.1, 0.15) is 5.69 Å². The Morgan fingerprint density at radius 2 is 2.07 bits per heavy atom. The number of alkyl halides is 3. The lowest BCUT2D eigenvalue weighted by Gasteiger charge is -2.08. The maximum absolute atomic E-state index is 12.7. The third-order valence-electron chi connectivity index (χ3n) is 1.56. The summed E-state index contributed by atoms with van der Waals surface area (Å²) in [5.74, 6) is -2.59. The van der Waals surface area contributed by atoms with E-state index in [0.717, 1.165) is 7.11 Å². The monoisotopic (exact) mass is 223 g/mol. The van der Waals surface area contributed by atoms with Crippen molar-refractivity contribution in [3.63, 3.8) is 0 Å². The van der Waals surface area contributed by atoms with E-state index in [0.29, 0.717) is 12.3 Å². The fraction of sp³-hybridized carbons (Fsp3) is 0.250. The SMILES string of the molecule is COC(=O)c1cc(C(F)(F)F)c(F)cn1. The summed E-state index contributed by atoms with van der Waals surface area (Å²) in [6, 6.07) is 0.307. The Balaban J connectivity index is 3.23. The fourth-order valence-electron chi connectivity index (χ4n) is 0.872. The molecule has 1 aromatic rings. The Bertz CT molecular complexity index is 389. The number of nitrogens with zero attached hydrogens (tertiary/aromatic N) is 1. The van der Waals surface area contributed by atoms with Crippen LogP contribution in [0.5, 0.6) is 0 Å². The molecule has 0 aliphatic rings. The first kappa shape index (κ1) is 11.4. The van der Waals surface area contributed by atoms with Gasteiger partial charge in [0.25, 0.3) is 0 Å². The zero-order chi connectivity index (χ0) is 11.6. The highest BCUT2D eigenvalue weighted by Gasteiger charge is 2.35. The van der Waals surface area contributed by atoms with E-state index in [-0.39, 0.29) is 0 Å². The second-order valence-electron chi connectivity index (χ2n) is 2.54. The molecule has 0 unspecified atom stereocenters. The third-order valence-corrected chi connectivity index (χ3v) is 1.56. The lowest BCUT2D eigenvalue weighted by molar-refractivity contribution is -0.140. The van der Waals surface area contributed by atoms with Crippen molar-refractivity contribution in [3.8, 4) is 0 Å². The van der Waals surface area contributed by atoms with Gasteiger partial charge in [-0.1, -0.05) is 0 Å². The molecular formula is C8H5F4NO2. The van der Waals surface area contributed by atoms with E-state index in [2.05, 4.69) is 9.72 Å². The first-order chi connectivity index (χ1) is 6.86.